The van der Waals surface area contributed by atoms with E-state index in [1.165, 1.54) is 19.3 Å². The van der Waals surface area contributed by atoms with Gasteiger partial charge in [-0.1, -0.05) is 27.7 Å². The molecule has 0 aromatic rings. The van der Waals surface area contributed by atoms with E-state index < -0.39 is 0 Å². The maximum atomic E-state index is 12.2. The fraction of sp³-hybridized carbons (Fsp3) is 0.944. The Kier molecular flexibility index (Phi) is 4.72. The van der Waals surface area contributed by atoms with Gasteiger partial charge in [-0.3, -0.25) is 9.69 Å². The third kappa shape index (κ3) is 4.00. The second-order valence-corrected chi connectivity index (χ2v) is 8.76. The zero-order valence-corrected chi connectivity index (χ0v) is 14.6. The first-order valence-corrected chi connectivity index (χ1v) is 8.59. The summed E-state index contributed by atoms with van der Waals surface area (Å²) in [5.74, 6) is -0.0158. The number of nitrogens with zero attached hydrogens (tertiary/aromatic N) is 1. The van der Waals surface area contributed by atoms with Crippen molar-refractivity contribution >= 4 is 5.97 Å². The van der Waals surface area contributed by atoms with Gasteiger partial charge >= 0.3 is 5.97 Å². The van der Waals surface area contributed by atoms with Crippen LogP contribution in [-0.4, -0.2) is 36.1 Å². The Balaban J connectivity index is 2.28. The van der Waals surface area contributed by atoms with Crippen LogP contribution >= 0.6 is 0 Å². The van der Waals surface area contributed by atoms with E-state index in [2.05, 4.69) is 32.6 Å². The molecule has 3 heteroatoms. The van der Waals surface area contributed by atoms with Crippen molar-refractivity contribution in [1.82, 2.24) is 4.90 Å². The highest BCUT2D eigenvalue weighted by Crippen LogP contribution is 2.54. The van der Waals surface area contributed by atoms with Crippen molar-refractivity contribution in [3.8, 4) is 0 Å². The molecule has 21 heavy (non-hydrogen) atoms. The molecular formula is C18H33NO2. The molecule has 2 aliphatic rings. The van der Waals surface area contributed by atoms with Gasteiger partial charge in [0.1, 0.15) is 0 Å². The smallest absolute Gasteiger partial charge is 0.307 e. The van der Waals surface area contributed by atoms with Crippen LogP contribution in [0.5, 0.6) is 0 Å². The molecule has 1 saturated carbocycles. The zero-order valence-electron chi connectivity index (χ0n) is 14.6. The predicted molar refractivity (Wildman–Crippen MR) is 86.2 cm³/mol. The fourth-order valence-electron chi connectivity index (χ4n) is 5.40. The number of hydrogen-bond acceptors (Lipinski definition) is 3. The Hall–Kier alpha value is -0.570. The Labute approximate surface area is 130 Å². The summed E-state index contributed by atoms with van der Waals surface area (Å²) in [6, 6.07) is 0. The first-order chi connectivity index (χ1) is 9.68. The normalized spacial score (nSPS) is 27.5. The monoisotopic (exact) mass is 295 g/mol. The topological polar surface area (TPSA) is 29.5 Å². The molecule has 0 bridgehead atoms. The highest BCUT2D eigenvalue weighted by molar-refractivity contribution is 5.71. The SMILES string of the molecule is CCOC(=O)CC1(N2CCCC2)CC(C)(C)CC(C)(C)C1. The number of esters is 1. The van der Waals surface area contributed by atoms with Crippen molar-refractivity contribution in [2.24, 2.45) is 10.8 Å². The Bertz CT molecular complexity index is 365. The van der Waals surface area contributed by atoms with Gasteiger partial charge < -0.3 is 4.74 Å². The number of rotatable bonds is 4. The highest BCUT2D eigenvalue weighted by atomic mass is 16.5. The zero-order chi connectivity index (χ0) is 15.7. The maximum Gasteiger partial charge on any atom is 0.307 e. The van der Waals surface area contributed by atoms with Crippen LogP contribution in [0.2, 0.25) is 0 Å². The van der Waals surface area contributed by atoms with E-state index in [9.17, 15) is 4.79 Å². The van der Waals surface area contributed by atoms with Crippen LogP contribution in [0.1, 0.15) is 73.1 Å². The minimum absolute atomic E-state index is 0.00794. The average molecular weight is 295 g/mol. The van der Waals surface area contributed by atoms with E-state index in [-0.39, 0.29) is 22.3 Å². The van der Waals surface area contributed by atoms with Crippen LogP contribution in [0, 0.1) is 10.8 Å². The molecule has 1 saturated heterocycles. The van der Waals surface area contributed by atoms with Crippen LogP contribution in [0.4, 0.5) is 0 Å². The quantitative estimate of drug-likeness (QED) is 0.734. The Morgan fingerprint density at radius 2 is 1.52 bits per heavy atom. The van der Waals surface area contributed by atoms with E-state index in [0.717, 1.165) is 25.9 Å². The summed E-state index contributed by atoms with van der Waals surface area (Å²) in [5, 5.41) is 0. The Morgan fingerprint density at radius 1 is 1.00 bits per heavy atom. The molecule has 0 spiro atoms. The minimum Gasteiger partial charge on any atom is -0.466 e. The van der Waals surface area contributed by atoms with Gasteiger partial charge in [0, 0.05) is 5.54 Å². The standard InChI is InChI=1S/C18H33NO2/c1-6-21-15(20)11-18(19-9-7-8-10-19)13-16(2,3)12-17(4,5)14-18/h6-14H2,1-5H3. The first-order valence-electron chi connectivity index (χ1n) is 8.59. The molecule has 0 radical (unpaired) electrons. The van der Waals surface area contributed by atoms with Gasteiger partial charge in [-0.15, -0.1) is 0 Å². The molecule has 0 aromatic carbocycles. The lowest BCUT2D eigenvalue weighted by Gasteiger charge is -2.55. The fourth-order valence-corrected chi connectivity index (χ4v) is 5.40. The third-order valence-electron chi connectivity index (χ3n) is 5.13. The van der Waals surface area contributed by atoms with Gasteiger partial charge in [0.2, 0.25) is 0 Å². The van der Waals surface area contributed by atoms with Crippen LogP contribution in [0.15, 0.2) is 0 Å². The molecule has 0 aromatic heterocycles. The van der Waals surface area contributed by atoms with Gasteiger partial charge in [0.05, 0.1) is 13.0 Å². The van der Waals surface area contributed by atoms with Gasteiger partial charge in [-0.2, -0.15) is 0 Å². The van der Waals surface area contributed by atoms with Crippen LogP contribution in [0.3, 0.4) is 0 Å². The molecule has 1 heterocycles. The van der Waals surface area contributed by atoms with E-state index in [4.69, 9.17) is 4.74 Å². The summed E-state index contributed by atoms with van der Waals surface area (Å²) >= 11 is 0. The molecule has 122 valence electrons. The lowest BCUT2D eigenvalue weighted by atomic mass is 9.57. The second-order valence-electron chi connectivity index (χ2n) is 8.76. The number of carbonyl (C=O) groups excluding carboxylic acids is 1. The summed E-state index contributed by atoms with van der Waals surface area (Å²) in [6.45, 7) is 14.1. The van der Waals surface area contributed by atoms with E-state index in [0.29, 0.717) is 13.0 Å². The summed E-state index contributed by atoms with van der Waals surface area (Å²) in [6.07, 6.45) is 6.56. The number of likely N-dealkylation sites (tertiary alicyclic amines) is 1. The minimum atomic E-state index is -0.0158. The van der Waals surface area contributed by atoms with Crippen molar-refractivity contribution in [1.29, 1.82) is 0 Å². The molecule has 0 amide bonds. The van der Waals surface area contributed by atoms with E-state index in [1.54, 1.807) is 0 Å². The average Bonchev–Trinajstić information content (AvgIpc) is 2.77. The largest absolute Gasteiger partial charge is 0.466 e. The Morgan fingerprint density at radius 3 is 2.00 bits per heavy atom. The molecule has 0 atom stereocenters. The lowest BCUT2D eigenvalue weighted by molar-refractivity contribution is -0.150. The van der Waals surface area contributed by atoms with Crippen LogP contribution in [-0.2, 0) is 9.53 Å². The maximum absolute atomic E-state index is 12.2. The predicted octanol–water partition coefficient (Wildman–Crippen LogP) is 4.01. The van der Waals surface area contributed by atoms with Gasteiger partial charge in [0.25, 0.3) is 0 Å². The third-order valence-corrected chi connectivity index (χ3v) is 5.13. The van der Waals surface area contributed by atoms with Crippen molar-refractivity contribution in [3.05, 3.63) is 0 Å². The molecule has 3 nitrogen and oxygen atoms in total. The molecule has 0 unspecified atom stereocenters. The summed E-state index contributed by atoms with van der Waals surface area (Å²) in [5.41, 5.74) is 0.585. The molecule has 2 rings (SSSR count). The molecular weight excluding hydrogens is 262 g/mol. The number of hydrogen-bond donors (Lipinski definition) is 0. The van der Waals surface area contributed by atoms with Crippen molar-refractivity contribution in [3.63, 3.8) is 0 Å². The lowest BCUT2D eigenvalue weighted by Crippen LogP contribution is -2.57. The van der Waals surface area contributed by atoms with Crippen molar-refractivity contribution in [2.75, 3.05) is 19.7 Å². The first kappa shape index (κ1) is 16.8. The van der Waals surface area contributed by atoms with Crippen molar-refractivity contribution in [2.45, 2.75) is 78.7 Å². The summed E-state index contributed by atoms with van der Waals surface area (Å²) < 4.78 is 5.30. The second kappa shape index (κ2) is 5.91. The van der Waals surface area contributed by atoms with Crippen molar-refractivity contribution < 1.29 is 9.53 Å². The van der Waals surface area contributed by atoms with Gasteiger partial charge in [-0.25, -0.2) is 0 Å². The van der Waals surface area contributed by atoms with Crippen LogP contribution < -0.4 is 0 Å². The highest BCUT2D eigenvalue weighted by Gasteiger charge is 2.51. The number of ether oxygens (including phenoxy) is 1. The van der Waals surface area contributed by atoms with Gasteiger partial charge in [-0.05, 0) is 62.9 Å². The van der Waals surface area contributed by atoms with Gasteiger partial charge in [0.15, 0.2) is 0 Å². The summed E-state index contributed by atoms with van der Waals surface area (Å²) in [7, 11) is 0. The molecule has 0 N–H and O–H groups in total. The number of carbonyl (C=O) groups is 1. The molecule has 1 aliphatic carbocycles. The van der Waals surface area contributed by atoms with E-state index in [1.807, 2.05) is 6.92 Å². The summed E-state index contributed by atoms with van der Waals surface area (Å²) in [4.78, 5) is 14.9. The molecule has 2 fully saturated rings. The van der Waals surface area contributed by atoms with E-state index >= 15 is 0 Å². The molecule has 1 aliphatic heterocycles. The van der Waals surface area contributed by atoms with Crippen LogP contribution in [0.25, 0.3) is 0 Å².